The summed E-state index contributed by atoms with van der Waals surface area (Å²) in [6, 6.07) is 4.23. The van der Waals surface area contributed by atoms with Gasteiger partial charge in [-0.3, -0.25) is 0 Å². The Hall–Kier alpha value is -0.960. The molecule has 0 radical (unpaired) electrons. The molecule has 1 saturated carbocycles. The molecule has 0 aliphatic heterocycles. The van der Waals surface area contributed by atoms with Crippen molar-refractivity contribution in [1.29, 1.82) is 0 Å². The monoisotopic (exact) mass is 211 g/mol. The molecule has 1 aromatic carbocycles. The van der Waals surface area contributed by atoms with Gasteiger partial charge in [0.25, 0.3) is 0 Å². The maximum Gasteiger partial charge on any atom is 0.159 e. The third-order valence-electron chi connectivity index (χ3n) is 3.44. The molecule has 0 saturated heterocycles. The Labute approximate surface area is 88.5 Å². The third-order valence-corrected chi connectivity index (χ3v) is 3.44. The lowest BCUT2D eigenvalue weighted by atomic mass is 9.95. The van der Waals surface area contributed by atoms with E-state index in [4.69, 9.17) is 0 Å². The predicted octanol–water partition coefficient (Wildman–Crippen LogP) is 2.46. The molecular formula is C12H15F2N. The maximum atomic E-state index is 13.1. The van der Waals surface area contributed by atoms with E-state index >= 15 is 0 Å². The van der Waals surface area contributed by atoms with Crippen LogP contribution in [-0.2, 0) is 5.41 Å². The van der Waals surface area contributed by atoms with Gasteiger partial charge in [-0.15, -0.1) is 0 Å². The topological polar surface area (TPSA) is 12.0 Å². The molecule has 0 heterocycles. The van der Waals surface area contributed by atoms with Gasteiger partial charge in [0, 0.05) is 0 Å². The molecule has 1 fully saturated rings. The van der Waals surface area contributed by atoms with Crippen LogP contribution in [0, 0.1) is 17.6 Å². The van der Waals surface area contributed by atoms with Crippen molar-refractivity contribution in [2.75, 3.05) is 13.6 Å². The highest BCUT2D eigenvalue weighted by molar-refractivity contribution is 5.33. The number of hydrogen-bond donors (Lipinski definition) is 1. The zero-order valence-corrected chi connectivity index (χ0v) is 8.98. The van der Waals surface area contributed by atoms with E-state index in [0.29, 0.717) is 5.92 Å². The van der Waals surface area contributed by atoms with E-state index < -0.39 is 11.6 Å². The summed E-state index contributed by atoms with van der Waals surface area (Å²) in [7, 11) is 1.91. The zero-order chi connectivity index (χ0) is 11.1. The summed E-state index contributed by atoms with van der Waals surface area (Å²) in [6.07, 6.45) is 1.04. The molecule has 1 nitrogen and oxygen atoms in total. The number of benzene rings is 1. The molecule has 0 aromatic heterocycles. The van der Waals surface area contributed by atoms with Gasteiger partial charge in [-0.05, 0) is 49.0 Å². The minimum absolute atomic E-state index is 0.0253. The molecule has 82 valence electrons. The van der Waals surface area contributed by atoms with Crippen LogP contribution in [0.4, 0.5) is 8.78 Å². The Morgan fingerprint density at radius 1 is 1.40 bits per heavy atom. The molecule has 1 aliphatic rings. The third kappa shape index (κ3) is 1.76. The van der Waals surface area contributed by atoms with Gasteiger partial charge in [0.1, 0.15) is 0 Å². The summed E-state index contributed by atoms with van der Waals surface area (Å²) >= 11 is 0. The lowest BCUT2D eigenvalue weighted by Gasteiger charge is -2.12. The summed E-state index contributed by atoms with van der Waals surface area (Å²) < 4.78 is 25.8. The second-order valence-corrected chi connectivity index (χ2v) is 4.51. The number of rotatable bonds is 3. The molecule has 0 amide bonds. The average Bonchev–Trinajstić information content (AvgIpc) is 2.84. The van der Waals surface area contributed by atoms with Crippen molar-refractivity contribution >= 4 is 0 Å². The summed E-state index contributed by atoms with van der Waals surface area (Å²) in [5, 5.41) is 3.11. The van der Waals surface area contributed by atoms with E-state index in [1.807, 2.05) is 7.05 Å². The first-order valence-corrected chi connectivity index (χ1v) is 5.18. The van der Waals surface area contributed by atoms with Gasteiger partial charge in [0.05, 0.1) is 0 Å². The minimum atomic E-state index is -0.770. The van der Waals surface area contributed by atoms with E-state index in [1.165, 1.54) is 12.1 Å². The van der Waals surface area contributed by atoms with Crippen LogP contribution in [0.1, 0.15) is 18.9 Å². The van der Waals surface area contributed by atoms with Gasteiger partial charge < -0.3 is 5.32 Å². The van der Waals surface area contributed by atoms with Crippen molar-refractivity contribution in [1.82, 2.24) is 5.32 Å². The van der Waals surface area contributed by atoms with Crippen LogP contribution in [0.2, 0.25) is 0 Å². The van der Waals surface area contributed by atoms with Gasteiger partial charge in [-0.1, -0.05) is 13.0 Å². The lowest BCUT2D eigenvalue weighted by molar-refractivity contribution is 0.503. The Morgan fingerprint density at radius 3 is 2.73 bits per heavy atom. The smallest absolute Gasteiger partial charge is 0.159 e. The van der Waals surface area contributed by atoms with Gasteiger partial charge in [0.2, 0.25) is 0 Å². The van der Waals surface area contributed by atoms with Crippen LogP contribution in [-0.4, -0.2) is 13.6 Å². The highest BCUT2D eigenvalue weighted by Gasteiger charge is 2.50. The first kappa shape index (κ1) is 10.6. The molecule has 2 unspecified atom stereocenters. The fourth-order valence-electron chi connectivity index (χ4n) is 2.20. The Bertz CT molecular complexity index is 378. The van der Waals surface area contributed by atoms with E-state index in [2.05, 4.69) is 12.2 Å². The second kappa shape index (κ2) is 3.56. The van der Waals surface area contributed by atoms with Crippen LogP contribution in [0.3, 0.4) is 0 Å². The number of hydrogen-bond acceptors (Lipinski definition) is 1. The highest BCUT2D eigenvalue weighted by Crippen LogP contribution is 2.53. The summed E-state index contributed by atoms with van der Waals surface area (Å²) in [4.78, 5) is 0. The van der Waals surface area contributed by atoms with Crippen molar-refractivity contribution in [2.45, 2.75) is 18.8 Å². The Kier molecular flexibility index (Phi) is 2.51. The van der Waals surface area contributed by atoms with Crippen molar-refractivity contribution in [3.05, 3.63) is 35.4 Å². The van der Waals surface area contributed by atoms with Crippen LogP contribution in [0.5, 0.6) is 0 Å². The first-order chi connectivity index (χ1) is 7.08. The van der Waals surface area contributed by atoms with E-state index in [9.17, 15) is 8.78 Å². The molecule has 15 heavy (non-hydrogen) atoms. The average molecular weight is 211 g/mol. The van der Waals surface area contributed by atoms with Crippen molar-refractivity contribution < 1.29 is 8.78 Å². The van der Waals surface area contributed by atoms with Crippen LogP contribution in [0.25, 0.3) is 0 Å². The summed E-state index contributed by atoms with van der Waals surface area (Å²) in [6.45, 7) is 3.02. The van der Waals surface area contributed by atoms with Crippen molar-refractivity contribution in [3.63, 3.8) is 0 Å². The van der Waals surface area contributed by atoms with Crippen LogP contribution >= 0.6 is 0 Å². The van der Waals surface area contributed by atoms with Crippen LogP contribution in [0.15, 0.2) is 18.2 Å². The molecule has 2 atom stereocenters. The number of halogens is 2. The predicted molar refractivity (Wildman–Crippen MR) is 55.7 cm³/mol. The lowest BCUT2D eigenvalue weighted by Crippen LogP contribution is -2.16. The number of nitrogens with one attached hydrogen (secondary N) is 1. The second-order valence-electron chi connectivity index (χ2n) is 4.51. The fraction of sp³-hybridized carbons (Fsp3) is 0.500. The van der Waals surface area contributed by atoms with E-state index in [1.54, 1.807) is 6.07 Å². The standard InChI is InChI=1S/C12H15F2N/c1-12(6-9(12)7-15-2)8-3-4-10(13)11(14)5-8/h3-5,9,15H,6-7H2,1-2H3. The largest absolute Gasteiger partial charge is 0.319 e. The normalized spacial score (nSPS) is 29.2. The van der Waals surface area contributed by atoms with Crippen molar-refractivity contribution in [3.8, 4) is 0 Å². The first-order valence-electron chi connectivity index (χ1n) is 5.18. The molecule has 1 aliphatic carbocycles. The Morgan fingerprint density at radius 2 is 2.13 bits per heavy atom. The van der Waals surface area contributed by atoms with Crippen molar-refractivity contribution in [2.24, 2.45) is 5.92 Å². The molecule has 0 spiro atoms. The highest BCUT2D eigenvalue weighted by atomic mass is 19.2. The van der Waals surface area contributed by atoms with Gasteiger partial charge >= 0.3 is 0 Å². The Balaban J connectivity index is 2.21. The van der Waals surface area contributed by atoms with Gasteiger partial charge in [0.15, 0.2) is 11.6 Å². The van der Waals surface area contributed by atoms with E-state index in [-0.39, 0.29) is 5.41 Å². The maximum absolute atomic E-state index is 13.1. The zero-order valence-electron chi connectivity index (χ0n) is 8.98. The van der Waals surface area contributed by atoms with Gasteiger partial charge in [-0.25, -0.2) is 8.78 Å². The van der Waals surface area contributed by atoms with Crippen LogP contribution < -0.4 is 5.32 Å². The summed E-state index contributed by atoms with van der Waals surface area (Å²) in [5.74, 6) is -0.982. The molecule has 1 aromatic rings. The quantitative estimate of drug-likeness (QED) is 0.809. The minimum Gasteiger partial charge on any atom is -0.319 e. The van der Waals surface area contributed by atoms with Gasteiger partial charge in [-0.2, -0.15) is 0 Å². The summed E-state index contributed by atoms with van der Waals surface area (Å²) in [5.41, 5.74) is 0.930. The fourth-order valence-corrected chi connectivity index (χ4v) is 2.20. The van der Waals surface area contributed by atoms with E-state index in [0.717, 1.165) is 18.5 Å². The molecule has 0 bridgehead atoms. The molecule has 3 heteroatoms. The molecule has 1 N–H and O–H groups in total. The molecule has 2 rings (SSSR count). The molecular weight excluding hydrogens is 196 g/mol. The SMILES string of the molecule is CNCC1CC1(C)c1ccc(F)c(F)c1.